The summed E-state index contributed by atoms with van der Waals surface area (Å²) in [6, 6.07) is 6.03. The molecule has 0 bridgehead atoms. The van der Waals surface area contributed by atoms with Gasteiger partial charge in [-0.15, -0.1) is 0 Å². The van der Waals surface area contributed by atoms with Crippen LogP contribution in [0.2, 0.25) is 0 Å². The number of hydrogen-bond acceptors (Lipinski definition) is 7. The van der Waals surface area contributed by atoms with E-state index < -0.39 is 18.1 Å². The van der Waals surface area contributed by atoms with Crippen molar-refractivity contribution >= 4 is 17.1 Å². The van der Waals surface area contributed by atoms with Crippen LogP contribution in [0.15, 0.2) is 35.3 Å². The van der Waals surface area contributed by atoms with Gasteiger partial charge in [-0.05, 0) is 24.3 Å². The second-order valence-corrected chi connectivity index (χ2v) is 5.32. The lowest BCUT2D eigenvalue weighted by atomic mass is 10.1. The van der Waals surface area contributed by atoms with E-state index in [1.807, 2.05) is 0 Å². The van der Waals surface area contributed by atoms with Gasteiger partial charge in [0.25, 0.3) is 5.56 Å². The standard InChI is InChI=1S/C17H15N3O6/c1-25-12-7-9(6-11(21)15(12)26-2)14-17(24)20(8-13(22)23)16-10(19-14)4-3-5-18-16/h3-7,21H,8H2,1-2H3,(H,22,23). The van der Waals surface area contributed by atoms with Crippen LogP contribution in [0.3, 0.4) is 0 Å². The number of fused-ring (bicyclic) bond motifs is 1. The first-order chi connectivity index (χ1) is 12.5. The molecule has 0 spiro atoms. The molecule has 0 amide bonds. The maximum Gasteiger partial charge on any atom is 0.323 e. The highest BCUT2D eigenvalue weighted by Gasteiger charge is 2.19. The molecule has 0 aliphatic heterocycles. The quantitative estimate of drug-likeness (QED) is 0.699. The van der Waals surface area contributed by atoms with Gasteiger partial charge in [0.2, 0.25) is 5.75 Å². The van der Waals surface area contributed by atoms with E-state index in [1.165, 1.54) is 32.5 Å². The predicted octanol–water partition coefficient (Wildman–Crippen LogP) is 1.27. The fraction of sp³-hybridized carbons (Fsp3) is 0.176. The van der Waals surface area contributed by atoms with Crippen molar-refractivity contribution in [3.05, 3.63) is 40.8 Å². The minimum absolute atomic E-state index is 0.0389. The largest absolute Gasteiger partial charge is 0.504 e. The number of phenolic OH excluding ortho intramolecular Hbond substituents is 1. The van der Waals surface area contributed by atoms with Gasteiger partial charge in [0.05, 0.1) is 14.2 Å². The zero-order valence-electron chi connectivity index (χ0n) is 14.0. The number of aliphatic carboxylic acids is 1. The minimum atomic E-state index is -1.19. The van der Waals surface area contributed by atoms with Crippen LogP contribution in [-0.2, 0) is 11.3 Å². The lowest BCUT2D eigenvalue weighted by molar-refractivity contribution is -0.137. The van der Waals surface area contributed by atoms with Crippen LogP contribution in [0.25, 0.3) is 22.4 Å². The van der Waals surface area contributed by atoms with Crippen LogP contribution in [0, 0.1) is 0 Å². The summed E-state index contributed by atoms with van der Waals surface area (Å²) in [6.07, 6.45) is 1.45. The lowest BCUT2D eigenvalue weighted by Gasteiger charge is -2.13. The Bertz CT molecular complexity index is 1060. The molecule has 3 rings (SSSR count). The molecule has 0 atom stereocenters. The van der Waals surface area contributed by atoms with Crippen LogP contribution in [0.5, 0.6) is 17.2 Å². The first-order valence-corrected chi connectivity index (χ1v) is 7.49. The second-order valence-electron chi connectivity index (χ2n) is 5.32. The van der Waals surface area contributed by atoms with E-state index in [2.05, 4.69) is 9.97 Å². The number of carboxylic acid groups (broad SMARTS) is 1. The molecule has 2 N–H and O–H groups in total. The summed E-state index contributed by atoms with van der Waals surface area (Å²) in [5.74, 6) is -1.10. The number of carboxylic acids is 1. The molecule has 0 aliphatic carbocycles. The molecule has 0 saturated carbocycles. The van der Waals surface area contributed by atoms with E-state index in [9.17, 15) is 14.7 Å². The number of ether oxygens (including phenoxy) is 2. The second kappa shape index (κ2) is 6.71. The molecule has 0 aliphatic rings. The third kappa shape index (κ3) is 2.90. The Morgan fingerprint density at radius 1 is 1.27 bits per heavy atom. The number of aromatic hydroxyl groups is 1. The Hall–Kier alpha value is -3.62. The van der Waals surface area contributed by atoms with Crippen molar-refractivity contribution in [2.24, 2.45) is 0 Å². The molecule has 1 aromatic carbocycles. The van der Waals surface area contributed by atoms with Crippen LogP contribution in [0.1, 0.15) is 0 Å². The summed E-state index contributed by atoms with van der Waals surface area (Å²) in [5.41, 5.74) is 0.0780. The molecular formula is C17H15N3O6. The van der Waals surface area contributed by atoms with Crippen molar-refractivity contribution in [2.45, 2.75) is 6.54 Å². The molecule has 3 aromatic rings. The monoisotopic (exact) mass is 357 g/mol. The van der Waals surface area contributed by atoms with E-state index in [0.29, 0.717) is 5.52 Å². The van der Waals surface area contributed by atoms with E-state index in [4.69, 9.17) is 14.6 Å². The van der Waals surface area contributed by atoms with Gasteiger partial charge >= 0.3 is 5.97 Å². The molecule has 0 saturated heterocycles. The fourth-order valence-corrected chi connectivity index (χ4v) is 2.63. The maximum absolute atomic E-state index is 12.8. The van der Waals surface area contributed by atoms with Gasteiger partial charge in [-0.3, -0.25) is 14.2 Å². The average molecular weight is 357 g/mol. The zero-order valence-corrected chi connectivity index (χ0v) is 14.0. The Morgan fingerprint density at radius 2 is 2.04 bits per heavy atom. The van der Waals surface area contributed by atoms with Crippen molar-refractivity contribution in [3.8, 4) is 28.5 Å². The Kier molecular flexibility index (Phi) is 4.44. The maximum atomic E-state index is 12.8. The molecule has 0 radical (unpaired) electrons. The van der Waals surface area contributed by atoms with Gasteiger partial charge in [0, 0.05) is 11.8 Å². The number of pyridine rings is 1. The van der Waals surface area contributed by atoms with E-state index in [1.54, 1.807) is 12.1 Å². The van der Waals surface area contributed by atoms with E-state index in [-0.39, 0.29) is 34.2 Å². The van der Waals surface area contributed by atoms with Gasteiger partial charge in [0.15, 0.2) is 17.1 Å². The number of nitrogens with zero attached hydrogens (tertiary/aromatic N) is 3. The zero-order chi connectivity index (χ0) is 18.8. The Labute approximate surface area is 147 Å². The highest BCUT2D eigenvalue weighted by Crippen LogP contribution is 2.39. The van der Waals surface area contributed by atoms with Crippen LogP contribution in [-0.4, -0.2) is 44.9 Å². The van der Waals surface area contributed by atoms with Crippen LogP contribution in [0.4, 0.5) is 0 Å². The van der Waals surface area contributed by atoms with Crippen LogP contribution >= 0.6 is 0 Å². The number of benzene rings is 1. The molecule has 9 nitrogen and oxygen atoms in total. The van der Waals surface area contributed by atoms with E-state index in [0.717, 1.165) is 4.57 Å². The van der Waals surface area contributed by atoms with Crippen molar-refractivity contribution in [1.82, 2.24) is 14.5 Å². The lowest BCUT2D eigenvalue weighted by Crippen LogP contribution is -2.27. The Balaban J connectivity index is 2.32. The summed E-state index contributed by atoms with van der Waals surface area (Å²) < 4.78 is 11.3. The van der Waals surface area contributed by atoms with Gasteiger partial charge in [-0.2, -0.15) is 0 Å². The van der Waals surface area contributed by atoms with Crippen molar-refractivity contribution in [1.29, 1.82) is 0 Å². The number of hydrogen-bond donors (Lipinski definition) is 2. The summed E-state index contributed by atoms with van der Waals surface area (Å²) in [5, 5.41) is 19.3. The Morgan fingerprint density at radius 3 is 2.69 bits per heavy atom. The molecule has 2 heterocycles. The predicted molar refractivity (Wildman–Crippen MR) is 91.6 cm³/mol. The first kappa shape index (κ1) is 17.2. The topological polar surface area (TPSA) is 124 Å². The smallest absolute Gasteiger partial charge is 0.323 e. The summed E-state index contributed by atoms with van der Waals surface area (Å²) in [6.45, 7) is -0.568. The van der Waals surface area contributed by atoms with Gasteiger partial charge < -0.3 is 19.7 Å². The highest BCUT2D eigenvalue weighted by atomic mass is 16.5. The van der Waals surface area contributed by atoms with Gasteiger partial charge in [-0.25, -0.2) is 9.97 Å². The van der Waals surface area contributed by atoms with Crippen LogP contribution < -0.4 is 15.0 Å². The number of rotatable bonds is 5. The van der Waals surface area contributed by atoms with Crippen molar-refractivity contribution in [2.75, 3.05) is 14.2 Å². The first-order valence-electron chi connectivity index (χ1n) is 7.49. The molecule has 26 heavy (non-hydrogen) atoms. The summed E-state index contributed by atoms with van der Waals surface area (Å²) in [4.78, 5) is 32.3. The number of phenols is 1. The highest BCUT2D eigenvalue weighted by molar-refractivity contribution is 5.77. The molecule has 0 unspecified atom stereocenters. The van der Waals surface area contributed by atoms with Crippen molar-refractivity contribution in [3.63, 3.8) is 0 Å². The molecule has 2 aromatic heterocycles. The SMILES string of the molecule is COc1cc(-c2nc3cccnc3n(CC(=O)O)c2=O)cc(O)c1OC. The van der Waals surface area contributed by atoms with Gasteiger partial charge in [0.1, 0.15) is 17.8 Å². The number of methoxy groups -OCH3 is 2. The molecule has 9 heteroatoms. The number of carbonyl (C=O) groups is 1. The average Bonchev–Trinajstić information content (AvgIpc) is 2.62. The van der Waals surface area contributed by atoms with Crippen molar-refractivity contribution < 1.29 is 24.5 Å². The molecule has 0 fully saturated rings. The number of aromatic nitrogens is 3. The summed E-state index contributed by atoms with van der Waals surface area (Å²) >= 11 is 0. The third-order valence-corrected chi connectivity index (χ3v) is 3.73. The summed E-state index contributed by atoms with van der Waals surface area (Å²) in [7, 11) is 2.76. The van der Waals surface area contributed by atoms with E-state index >= 15 is 0 Å². The minimum Gasteiger partial charge on any atom is -0.504 e. The fourth-order valence-electron chi connectivity index (χ4n) is 2.63. The normalized spacial score (nSPS) is 10.7. The van der Waals surface area contributed by atoms with Gasteiger partial charge in [-0.1, -0.05) is 0 Å². The molecular weight excluding hydrogens is 342 g/mol. The third-order valence-electron chi connectivity index (χ3n) is 3.73. The molecule has 134 valence electrons.